The number of hydrogen-bond acceptors (Lipinski definition) is 1. The maximum atomic E-state index is 2.59. The van der Waals surface area contributed by atoms with Crippen LogP contribution >= 0.6 is 0 Å². The van der Waals surface area contributed by atoms with E-state index in [1.165, 1.54) is 144 Å². The highest BCUT2D eigenvalue weighted by Gasteiger charge is 2.53. The van der Waals surface area contributed by atoms with Crippen LogP contribution in [0.1, 0.15) is 113 Å². The van der Waals surface area contributed by atoms with E-state index in [0.29, 0.717) is 10.8 Å². The van der Waals surface area contributed by atoms with Crippen LogP contribution in [0.4, 0.5) is 17.1 Å². The number of hydrogen-bond donors (Lipinski definition) is 0. The van der Waals surface area contributed by atoms with Gasteiger partial charge in [0.15, 0.2) is 0 Å². The second-order valence-corrected chi connectivity index (χ2v) is 22.3. The lowest BCUT2D eigenvalue weighted by atomic mass is 9.48. The van der Waals surface area contributed by atoms with Crippen molar-refractivity contribution >= 4 is 38.9 Å². The average molecular weight is 795 g/mol. The van der Waals surface area contributed by atoms with E-state index in [1.807, 2.05) is 0 Å². The molecule has 8 bridgehead atoms. The smallest absolute Gasteiger partial charge is 0.0547 e. The van der Waals surface area contributed by atoms with Gasteiger partial charge in [-0.1, -0.05) is 86.6 Å². The molecule has 2 heteroatoms. The van der Waals surface area contributed by atoms with Gasteiger partial charge >= 0.3 is 0 Å². The summed E-state index contributed by atoms with van der Waals surface area (Å²) < 4.78 is 2.46. The van der Waals surface area contributed by atoms with Crippen molar-refractivity contribution < 1.29 is 0 Å². The van der Waals surface area contributed by atoms with E-state index in [-0.39, 0.29) is 5.41 Å². The van der Waals surface area contributed by atoms with Crippen molar-refractivity contribution in [1.29, 1.82) is 0 Å². The zero-order chi connectivity index (χ0) is 40.2. The number of aromatic nitrogens is 1. The summed E-state index contributed by atoms with van der Waals surface area (Å²) in [6.07, 6.45) is 17.4. The Morgan fingerprint density at radius 2 is 0.951 bits per heavy atom. The topological polar surface area (TPSA) is 8.17 Å². The Morgan fingerprint density at radius 1 is 0.459 bits per heavy atom. The quantitative estimate of drug-likeness (QED) is 0.163. The first-order valence-electron chi connectivity index (χ1n) is 24.1. The SMILES string of the molecule is CC1(C)c2cc(N(c3ccc(C45CC6CC(CC(C6)C4)C5)cc3)c3ccc(C45CC6CC(CC(C6)C4)C5)cc3)ccc2-c2c1ccc1c2c2ccccc2n1-c1ccccc1. The Bertz CT molecular complexity index is 2730. The molecule has 0 aliphatic heterocycles. The maximum Gasteiger partial charge on any atom is 0.0547 e. The van der Waals surface area contributed by atoms with Crippen molar-refractivity contribution in [3.8, 4) is 16.8 Å². The Labute approximate surface area is 362 Å². The monoisotopic (exact) mass is 794 g/mol. The molecule has 0 radical (unpaired) electrons. The number of rotatable bonds is 6. The largest absolute Gasteiger partial charge is 0.310 e. The van der Waals surface area contributed by atoms with Gasteiger partial charge in [0, 0.05) is 38.9 Å². The average Bonchev–Trinajstić information content (AvgIpc) is 3.72. The zero-order valence-corrected chi connectivity index (χ0v) is 36.0. The molecule has 0 unspecified atom stereocenters. The normalized spacial score (nSPS) is 30.9. The molecule has 0 amide bonds. The lowest BCUT2D eigenvalue weighted by Crippen LogP contribution is -2.48. The van der Waals surface area contributed by atoms with Crippen LogP contribution in [0.25, 0.3) is 38.6 Å². The second kappa shape index (κ2) is 12.5. The van der Waals surface area contributed by atoms with Gasteiger partial charge in [-0.15, -0.1) is 0 Å². The van der Waals surface area contributed by atoms with Crippen molar-refractivity contribution in [3.05, 3.63) is 156 Å². The van der Waals surface area contributed by atoms with Crippen LogP contribution in [-0.4, -0.2) is 4.57 Å². The Hall–Kier alpha value is -5.08. The molecular weight excluding hydrogens is 737 g/mol. The Morgan fingerprint density at radius 3 is 1.49 bits per heavy atom. The van der Waals surface area contributed by atoms with Crippen LogP contribution in [-0.2, 0) is 16.2 Å². The standard InChI is InChI=1S/C59H58N2/c1-57(2)51-22-23-54-56(50-10-6-7-11-53(50)61(54)45-8-4-3-5-9-45)55(51)49-21-20-48(30-52(49)57)60(46-16-12-43(13-17-46)58-31-37-24-38(32-58)26-39(25-37)33-58)47-18-14-44(15-19-47)59-34-40-27-41(35-59)29-42(28-40)36-59/h3-23,30,37-42H,24-29,31-36H2,1-2H3. The molecule has 7 aromatic rings. The Balaban J connectivity index is 0.902. The van der Waals surface area contributed by atoms with Gasteiger partial charge in [0.25, 0.3) is 0 Å². The maximum absolute atomic E-state index is 2.59. The van der Waals surface area contributed by atoms with Crippen LogP contribution in [0.5, 0.6) is 0 Å². The lowest BCUT2D eigenvalue weighted by molar-refractivity contribution is -0.00529. The molecule has 1 aromatic heterocycles. The van der Waals surface area contributed by atoms with E-state index in [1.54, 1.807) is 11.1 Å². The summed E-state index contributed by atoms with van der Waals surface area (Å²) in [6, 6.07) is 52.3. The third kappa shape index (κ3) is 5.08. The molecule has 8 fully saturated rings. The molecule has 8 saturated carbocycles. The molecule has 0 N–H and O–H groups in total. The minimum Gasteiger partial charge on any atom is -0.310 e. The van der Waals surface area contributed by atoms with E-state index in [0.717, 1.165) is 35.5 Å². The van der Waals surface area contributed by atoms with Gasteiger partial charge in [-0.25, -0.2) is 0 Å². The molecule has 0 saturated heterocycles. The molecule has 9 aliphatic rings. The van der Waals surface area contributed by atoms with Crippen LogP contribution < -0.4 is 4.90 Å². The predicted molar refractivity (Wildman–Crippen MR) is 253 cm³/mol. The third-order valence-corrected chi connectivity index (χ3v) is 18.3. The summed E-state index contributed by atoms with van der Waals surface area (Å²) >= 11 is 0. The minimum absolute atomic E-state index is 0.152. The van der Waals surface area contributed by atoms with Gasteiger partial charge < -0.3 is 9.47 Å². The number of para-hydroxylation sites is 2. The first-order valence-corrected chi connectivity index (χ1v) is 24.1. The van der Waals surface area contributed by atoms with Gasteiger partial charge in [0.05, 0.1) is 11.0 Å². The fraction of sp³-hybridized carbons (Fsp3) is 0.390. The number of benzene rings is 6. The first-order chi connectivity index (χ1) is 29.8. The molecule has 0 spiro atoms. The highest BCUT2D eigenvalue weighted by Crippen LogP contribution is 2.63. The van der Waals surface area contributed by atoms with E-state index in [9.17, 15) is 0 Å². The number of anilines is 3. The summed E-state index contributed by atoms with van der Waals surface area (Å²) in [5.74, 6) is 5.69. The highest BCUT2D eigenvalue weighted by molar-refractivity contribution is 6.18. The summed E-state index contributed by atoms with van der Waals surface area (Å²) in [7, 11) is 0. The van der Waals surface area contributed by atoms with Gasteiger partial charge in [-0.05, 0) is 217 Å². The van der Waals surface area contributed by atoms with Crippen molar-refractivity contribution in [2.24, 2.45) is 35.5 Å². The molecule has 1 heterocycles. The van der Waals surface area contributed by atoms with Gasteiger partial charge in [-0.3, -0.25) is 0 Å². The summed E-state index contributed by atoms with van der Waals surface area (Å²) in [5, 5.41) is 2.69. The fourth-order valence-corrected chi connectivity index (χ4v) is 16.6. The zero-order valence-electron chi connectivity index (χ0n) is 36.0. The van der Waals surface area contributed by atoms with Gasteiger partial charge in [-0.2, -0.15) is 0 Å². The third-order valence-electron chi connectivity index (χ3n) is 18.3. The highest BCUT2D eigenvalue weighted by atomic mass is 15.1. The van der Waals surface area contributed by atoms with Crippen molar-refractivity contribution in [1.82, 2.24) is 4.57 Å². The molecule has 16 rings (SSSR count). The predicted octanol–water partition coefficient (Wildman–Crippen LogP) is 15.5. The second-order valence-electron chi connectivity index (χ2n) is 22.3. The summed E-state index contributed by atoms with van der Waals surface area (Å²) in [5.41, 5.74) is 17.0. The van der Waals surface area contributed by atoms with E-state index >= 15 is 0 Å². The molecule has 2 nitrogen and oxygen atoms in total. The Kier molecular flexibility index (Phi) is 7.29. The summed E-state index contributed by atoms with van der Waals surface area (Å²) in [4.78, 5) is 2.59. The molecule has 61 heavy (non-hydrogen) atoms. The molecule has 304 valence electrons. The van der Waals surface area contributed by atoms with Crippen molar-refractivity contribution in [2.75, 3.05) is 4.90 Å². The van der Waals surface area contributed by atoms with Crippen LogP contribution in [0, 0.1) is 35.5 Å². The molecule has 6 aromatic carbocycles. The van der Waals surface area contributed by atoms with Gasteiger partial charge in [0.1, 0.15) is 0 Å². The molecular formula is C59H58N2. The molecule has 9 aliphatic carbocycles. The van der Waals surface area contributed by atoms with E-state index in [4.69, 9.17) is 0 Å². The first kappa shape index (κ1) is 35.5. The van der Waals surface area contributed by atoms with Crippen LogP contribution in [0.2, 0.25) is 0 Å². The van der Waals surface area contributed by atoms with Crippen LogP contribution in [0.15, 0.2) is 133 Å². The number of nitrogens with zero attached hydrogens (tertiary/aromatic N) is 2. The van der Waals surface area contributed by atoms with Crippen LogP contribution in [0.3, 0.4) is 0 Å². The number of fused-ring (bicyclic) bond motifs is 7. The minimum atomic E-state index is -0.152. The van der Waals surface area contributed by atoms with E-state index in [2.05, 4.69) is 157 Å². The fourth-order valence-electron chi connectivity index (χ4n) is 16.6. The molecule has 0 atom stereocenters. The van der Waals surface area contributed by atoms with E-state index < -0.39 is 0 Å². The summed E-state index contributed by atoms with van der Waals surface area (Å²) in [6.45, 7) is 4.91. The van der Waals surface area contributed by atoms with Crippen molar-refractivity contribution in [3.63, 3.8) is 0 Å². The van der Waals surface area contributed by atoms with Crippen molar-refractivity contribution in [2.45, 2.75) is 107 Å². The lowest BCUT2D eigenvalue weighted by Gasteiger charge is -2.57. The van der Waals surface area contributed by atoms with Gasteiger partial charge in [0.2, 0.25) is 0 Å².